The number of carbonyl (C=O) groups excluding carboxylic acids is 2. The number of halogens is 1. The molecule has 184 valence electrons. The topological polar surface area (TPSA) is 110 Å². The number of likely N-dealkylation sites (tertiary alicyclic amines) is 1. The molecule has 3 N–H and O–H groups in total. The zero-order valence-electron chi connectivity index (χ0n) is 19.9. The van der Waals surface area contributed by atoms with E-state index in [1.54, 1.807) is 6.20 Å². The SMILES string of the molecule is C[C@H]1CCC(c2cc(Cl)c3c(c2)C2(CC2)C(=O)N3)N(C(=O)c2cc3c4c(c(N)nc3cn2)COC4)C1. The minimum absolute atomic E-state index is 0.0351. The lowest BCUT2D eigenvalue weighted by atomic mass is 9.87. The van der Waals surface area contributed by atoms with E-state index in [-0.39, 0.29) is 17.9 Å². The van der Waals surface area contributed by atoms with Crippen molar-refractivity contribution in [2.75, 3.05) is 17.6 Å². The smallest absolute Gasteiger partial charge is 0.272 e. The second-order valence-electron chi connectivity index (χ2n) is 10.7. The summed E-state index contributed by atoms with van der Waals surface area (Å²) < 4.78 is 5.61. The van der Waals surface area contributed by atoms with Crippen LogP contribution in [0.15, 0.2) is 24.4 Å². The summed E-state index contributed by atoms with van der Waals surface area (Å²) in [6.07, 6.45) is 5.13. The summed E-state index contributed by atoms with van der Waals surface area (Å²) in [4.78, 5) is 37.4. The van der Waals surface area contributed by atoms with Crippen molar-refractivity contribution in [3.8, 4) is 0 Å². The molecule has 1 aliphatic carbocycles. The van der Waals surface area contributed by atoms with Crippen LogP contribution in [0.4, 0.5) is 11.5 Å². The number of benzene rings is 1. The molecule has 3 aromatic rings. The summed E-state index contributed by atoms with van der Waals surface area (Å²) in [5, 5.41) is 4.37. The van der Waals surface area contributed by atoms with Crippen LogP contribution in [-0.4, -0.2) is 33.2 Å². The monoisotopic (exact) mass is 503 g/mol. The fourth-order valence-electron chi connectivity index (χ4n) is 6.16. The second-order valence-corrected chi connectivity index (χ2v) is 11.1. The largest absolute Gasteiger partial charge is 0.383 e. The Hall–Kier alpha value is -3.23. The molecule has 1 saturated carbocycles. The summed E-state index contributed by atoms with van der Waals surface area (Å²) in [6, 6.07) is 5.69. The van der Waals surface area contributed by atoms with Crippen LogP contribution in [0.3, 0.4) is 0 Å². The van der Waals surface area contributed by atoms with Gasteiger partial charge in [-0.2, -0.15) is 0 Å². The van der Waals surface area contributed by atoms with Crippen LogP contribution in [-0.2, 0) is 28.2 Å². The first-order valence-electron chi connectivity index (χ1n) is 12.5. The number of carbonyl (C=O) groups is 2. The number of ether oxygens (including phenoxy) is 1. The molecule has 5 heterocycles. The Morgan fingerprint density at radius 3 is 2.83 bits per heavy atom. The maximum Gasteiger partial charge on any atom is 0.272 e. The molecule has 36 heavy (non-hydrogen) atoms. The first kappa shape index (κ1) is 22.0. The van der Waals surface area contributed by atoms with Gasteiger partial charge in [0.2, 0.25) is 5.91 Å². The van der Waals surface area contributed by atoms with Crippen molar-refractivity contribution in [3.63, 3.8) is 0 Å². The summed E-state index contributed by atoms with van der Waals surface area (Å²) in [5.74, 6) is 0.737. The minimum atomic E-state index is -0.441. The van der Waals surface area contributed by atoms with Crippen LogP contribution in [0, 0.1) is 5.92 Å². The Labute approximate surface area is 213 Å². The molecule has 3 aliphatic heterocycles. The average molecular weight is 504 g/mol. The van der Waals surface area contributed by atoms with Gasteiger partial charge >= 0.3 is 0 Å². The van der Waals surface area contributed by atoms with E-state index in [2.05, 4.69) is 28.3 Å². The molecule has 2 atom stereocenters. The van der Waals surface area contributed by atoms with Gasteiger partial charge in [0.15, 0.2) is 0 Å². The van der Waals surface area contributed by atoms with E-state index in [4.69, 9.17) is 22.1 Å². The van der Waals surface area contributed by atoms with Gasteiger partial charge in [-0.1, -0.05) is 24.6 Å². The molecule has 1 spiro atoms. The Balaban J connectivity index is 1.28. The Bertz CT molecular complexity index is 1480. The summed E-state index contributed by atoms with van der Waals surface area (Å²) in [5.41, 5.74) is 11.3. The van der Waals surface area contributed by atoms with Crippen LogP contribution in [0.1, 0.15) is 71.4 Å². The molecular weight excluding hydrogens is 478 g/mol. The number of anilines is 2. The average Bonchev–Trinajstić information content (AvgIpc) is 3.43. The van der Waals surface area contributed by atoms with Crippen molar-refractivity contribution in [2.24, 2.45) is 5.92 Å². The molecule has 2 fully saturated rings. The zero-order valence-corrected chi connectivity index (χ0v) is 20.7. The van der Waals surface area contributed by atoms with E-state index in [1.807, 2.05) is 17.0 Å². The quantitative estimate of drug-likeness (QED) is 0.533. The molecule has 1 aromatic carbocycles. The molecule has 1 unspecified atom stereocenters. The third kappa shape index (κ3) is 3.10. The Kier molecular flexibility index (Phi) is 4.67. The van der Waals surface area contributed by atoms with E-state index >= 15 is 0 Å². The lowest BCUT2D eigenvalue weighted by molar-refractivity contribution is -0.117. The number of hydrogen-bond donors (Lipinski definition) is 2. The van der Waals surface area contributed by atoms with Gasteiger partial charge in [-0.25, -0.2) is 9.97 Å². The highest BCUT2D eigenvalue weighted by Crippen LogP contribution is 2.57. The number of pyridine rings is 2. The second kappa shape index (κ2) is 7.63. The molecule has 1 saturated heterocycles. The standard InChI is InChI=1S/C27H26ClN5O3/c1-13-2-3-22(14-6-18-23(19(28)7-14)32-26(35)27(18)4-5-27)33(10-13)25(34)20-8-15-16-11-36-12-17(16)24(29)31-21(15)9-30-20/h6-9,13,22H,2-5,10-12H2,1H3,(H2,29,31)(H,32,35)/t13-,22?/m0/s1. The van der Waals surface area contributed by atoms with Crippen molar-refractivity contribution >= 4 is 45.8 Å². The molecule has 4 aliphatic rings. The number of amides is 2. The van der Waals surface area contributed by atoms with Crippen molar-refractivity contribution < 1.29 is 14.3 Å². The summed E-state index contributed by atoms with van der Waals surface area (Å²) in [7, 11) is 0. The van der Waals surface area contributed by atoms with Crippen LogP contribution in [0.5, 0.6) is 0 Å². The number of hydrogen-bond acceptors (Lipinski definition) is 6. The van der Waals surface area contributed by atoms with Gasteiger partial charge in [-0.15, -0.1) is 0 Å². The fraction of sp³-hybridized carbons (Fsp3) is 0.407. The highest BCUT2D eigenvalue weighted by Gasteiger charge is 2.57. The summed E-state index contributed by atoms with van der Waals surface area (Å²) >= 11 is 6.66. The number of piperidine rings is 1. The predicted octanol–water partition coefficient (Wildman–Crippen LogP) is 4.49. The molecule has 0 bridgehead atoms. The van der Waals surface area contributed by atoms with Crippen molar-refractivity contribution in [3.05, 3.63) is 57.4 Å². The number of nitrogens with zero attached hydrogens (tertiary/aromatic N) is 3. The fourth-order valence-corrected chi connectivity index (χ4v) is 6.44. The van der Waals surface area contributed by atoms with Gasteiger partial charge in [0.25, 0.3) is 5.91 Å². The number of rotatable bonds is 2. The van der Waals surface area contributed by atoms with Crippen LogP contribution < -0.4 is 11.1 Å². The van der Waals surface area contributed by atoms with Crippen LogP contribution in [0.25, 0.3) is 10.9 Å². The lowest BCUT2D eigenvalue weighted by Gasteiger charge is -2.39. The zero-order chi connectivity index (χ0) is 24.8. The molecule has 2 aromatic heterocycles. The molecule has 2 amide bonds. The molecule has 8 nitrogen and oxygen atoms in total. The maximum atomic E-state index is 13.9. The number of aromatic nitrogens is 2. The van der Waals surface area contributed by atoms with Gasteiger partial charge in [0, 0.05) is 17.5 Å². The van der Waals surface area contributed by atoms with E-state index in [1.165, 1.54) is 0 Å². The van der Waals surface area contributed by atoms with Gasteiger partial charge in [-0.3, -0.25) is 9.59 Å². The minimum Gasteiger partial charge on any atom is -0.383 e. The first-order chi connectivity index (χ1) is 17.4. The predicted molar refractivity (Wildman–Crippen MR) is 136 cm³/mol. The molecule has 9 heteroatoms. The summed E-state index contributed by atoms with van der Waals surface area (Å²) in [6.45, 7) is 3.67. The van der Waals surface area contributed by atoms with E-state index in [0.29, 0.717) is 47.7 Å². The molecule has 0 radical (unpaired) electrons. The van der Waals surface area contributed by atoms with Crippen molar-refractivity contribution in [1.29, 1.82) is 0 Å². The van der Waals surface area contributed by atoms with E-state index < -0.39 is 5.41 Å². The van der Waals surface area contributed by atoms with Gasteiger partial charge < -0.3 is 20.7 Å². The maximum absolute atomic E-state index is 13.9. The van der Waals surface area contributed by atoms with Gasteiger partial charge in [0.1, 0.15) is 11.5 Å². The Morgan fingerprint density at radius 2 is 2.03 bits per heavy atom. The highest BCUT2D eigenvalue weighted by molar-refractivity contribution is 6.35. The van der Waals surface area contributed by atoms with Crippen molar-refractivity contribution in [2.45, 2.75) is 57.3 Å². The number of nitrogens with two attached hydrogens (primary N) is 1. The first-order valence-corrected chi connectivity index (χ1v) is 12.8. The van der Waals surface area contributed by atoms with Crippen molar-refractivity contribution in [1.82, 2.24) is 14.9 Å². The highest BCUT2D eigenvalue weighted by atomic mass is 35.5. The molecular formula is C27H26ClN5O3. The third-order valence-electron chi connectivity index (χ3n) is 8.35. The number of nitrogens with one attached hydrogen (secondary N) is 1. The Morgan fingerprint density at radius 1 is 1.22 bits per heavy atom. The lowest BCUT2D eigenvalue weighted by Crippen LogP contribution is -2.42. The third-order valence-corrected chi connectivity index (χ3v) is 8.65. The molecule has 7 rings (SSSR count). The van der Waals surface area contributed by atoms with Crippen LogP contribution >= 0.6 is 11.6 Å². The van der Waals surface area contributed by atoms with E-state index in [9.17, 15) is 9.59 Å². The van der Waals surface area contributed by atoms with E-state index in [0.717, 1.165) is 59.0 Å². The van der Waals surface area contributed by atoms with Crippen LogP contribution in [0.2, 0.25) is 5.02 Å². The number of nitrogen functional groups attached to an aromatic ring is 1. The number of fused-ring (bicyclic) bond motifs is 5. The normalized spacial score (nSPS) is 23.6. The van der Waals surface area contributed by atoms with Gasteiger partial charge in [-0.05, 0) is 60.4 Å². The van der Waals surface area contributed by atoms with Gasteiger partial charge in [0.05, 0.1) is 47.1 Å².